The minimum Gasteiger partial charge on any atom is -0.399 e. The highest BCUT2D eigenvalue weighted by atomic mass is 35.5. The zero-order chi connectivity index (χ0) is 90.8. The molecule has 32 heteroatoms. The molecule has 14 heterocycles. The van der Waals surface area contributed by atoms with Gasteiger partial charge in [0.15, 0.2) is 0 Å². The molecule has 0 saturated carbocycles. The van der Waals surface area contributed by atoms with Crippen LogP contribution in [0.4, 0.5) is 46.5 Å². The number of fused-ring (bicyclic) bond motifs is 8. The average Bonchev–Trinajstić information content (AvgIpc) is 1.68. The monoisotopic (exact) mass is 1780 g/mol. The zero-order valence-corrected chi connectivity index (χ0v) is 75.1. The highest BCUT2D eigenvalue weighted by molar-refractivity contribution is 6.29. The number of halogens is 1. The van der Waals surface area contributed by atoms with Crippen molar-refractivity contribution in [2.75, 3.05) is 130 Å². The third kappa shape index (κ3) is 18.1. The van der Waals surface area contributed by atoms with E-state index in [0.717, 1.165) is 164 Å². The zero-order valence-electron chi connectivity index (χ0n) is 74.4. The van der Waals surface area contributed by atoms with Gasteiger partial charge in [0.2, 0.25) is 17.8 Å². The molecular formula is C100H101ClN24O7. The van der Waals surface area contributed by atoms with E-state index in [1.165, 1.54) is 37.0 Å². The molecule has 3 saturated heterocycles. The van der Waals surface area contributed by atoms with Gasteiger partial charge in [0.1, 0.15) is 16.8 Å². The number of hydrogen-bond acceptors (Lipinski definition) is 23. The number of imide groups is 2. The number of nitrogen functional groups attached to an aromatic ring is 1. The highest BCUT2D eigenvalue weighted by Gasteiger charge is 2.37. The molecule has 9 aromatic heterocycles. The summed E-state index contributed by atoms with van der Waals surface area (Å²) < 4.78 is 28.6. The molecule has 22 rings (SSSR count). The number of carbonyl (C=O) groups is 4. The van der Waals surface area contributed by atoms with Gasteiger partial charge < -0.3 is 64.7 Å². The summed E-state index contributed by atoms with van der Waals surface area (Å²) >= 11 is 6.36. The molecular weight excluding hydrogens is 1680 g/mol. The van der Waals surface area contributed by atoms with E-state index in [1.54, 1.807) is 54.6 Å². The normalized spacial score (nSPS) is 14.5. The van der Waals surface area contributed by atoms with Crippen LogP contribution in [0, 0.1) is 0 Å². The Balaban J connectivity index is 0.000000121. The molecule has 0 unspecified atom stereocenters. The SMILES string of the molecule is Cn1ccc2ccc(N)cc21.Cn1ccc2ccc(Nc3cc(-c4ccc5c(CCCN)nn(C)c5c4)nc(N4CCOCC4)n3)cc21.Cn1ccc2ccc(Nc3cc(-c4ccc5c(CCCN6C(=O)c7ccccc7C6=O)nn(C)c5c4)nc(N4CCOCC4)n3)cc21.Cn1nc(CCCN2C(=O)c3ccccc3C2=O)c2ccc(-c3cc(Cl)nc(N4CCOCC4)n3)cc21. The average molecular weight is 1790 g/mol. The van der Waals surface area contributed by atoms with Gasteiger partial charge in [-0.1, -0.05) is 90.5 Å². The lowest BCUT2D eigenvalue weighted by Gasteiger charge is -2.27. The van der Waals surface area contributed by atoms with Gasteiger partial charge in [-0.15, -0.1) is 0 Å². The van der Waals surface area contributed by atoms with Crippen LogP contribution in [0.25, 0.3) is 99.2 Å². The third-order valence-electron chi connectivity index (χ3n) is 24.9. The summed E-state index contributed by atoms with van der Waals surface area (Å²) in [5.41, 5.74) is 30.8. The number of aryl methyl sites for hydroxylation is 9. The fraction of sp³-hybridized carbons (Fsp3) is 0.270. The lowest BCUT2D eigenvalue weighted by Crippen LogP contribution is -2.37. The van der Waals surface area contributed by atoms with Gasteiger partial charge in [0.25, 0.3) is 23.6 Å². The number of aromatic nitrogens is 15. The summed E-state index contributed by atoms with van der Waals surface area (Å²) in [7, 11) is 11.9. The molecule has 5 aliphatic heterocycles. The van der Waals surface area contributed by atoms with Crippen LogP contribution < -0.4 is 36.8 Å². The molecule has 0 bridgehead atoms. The van der Waals surface area contributed by atoms with Gasteiger partial charge >= 0.3 is 0 Å². The van der Waals surface area contributed by atoms with Crippen LogP contribution in [-0.2, 0) is 75.8 Å². The molecule has 6 N–H and O–H groups in total. The first kappa shape index (κ1) is 86.6. The van der Waals surface area contributed by atoms with Crippen LogP contribution >= 0.6 is 11.6 Å². The summed E-state index contributed by atoms with van der Waals surface area (Å²) in [6.07, 6.45) is 10.5. The summed E-state index contributed by atoms with van der Waals surface area (Å²) in [6, 6.07) is 63.5. The largest absolute Gasteiger partial charge is 0.399 e. The van der Waals surface area contributed by atoms with E-state index < -0.39 is 0 Å². The Morgan fingerprint density at radius 1 is 0.364 bits per heavy atom. The molecule has 0 atom stereocenters. The number of carbonyl (C=O) groups excluding carboxylic acids is 4. The molecule has 5 aliphatic rings. The Morgan fingerprint density at radius 3 is 1.08 bits per heavy atom. The highest BCUT2D eigenvalue weighted by Crippen LogP contribution is 2.37. The summed E-state index contributed by atoms with van der Waals surface area (Å²) in [5, 5.41) is 28.6. The molecule has 31 nitrogen and oxygen atoms in total. The van der Waals surface area contributed by atoms with Gasteiger partial charge in [0.05, 0.1) is 113 Å². The number of nitrogens with one attached hydrogen (secondary N) is 2. The quantitative estimate of drug-likeness (QED) is 0.0295. The van der Waals surface area contributed by atoms with E-state index in [-0.39, 0.29) is 23.6 Å². The Hall–Kier alpha value is -14.8. The van der Waals surface area contributed by atoms with E-state index >= 15 is 0 Å². The van der Waals surface area contributed by atoms with E-state index in [1.807, 2.05) is 97.9 Å². The number of anilines is 8. The van der Waals surface area contributed by atoms with Crippen molar-refractivity contribution >= 4 is 147 Å². The Morgan fingerprint density at radius 2 is 0.705 bits per heavy atom. The summed E-state index contributed by atoms with van der Waals surface area (Å²) in [6.45, 7) is 9.70. The Labute approximate surface area is 766 Å². The number of ether oxygens (including phenoxy) is 3. The van der Waals surface area contributed by atoms with Crippen LogP contribution in [0.15, 0.2) is 213 Å². The molecule has 17 aromatic rings. The van der Waals surface area contributed by atoms with Crippen molar-refractivity contribution in [1.82, 2.24) is 82.7 Å². The number of amides is 4. The predicted molar refractivity (Wildman–Crippen MR) is 517 cm³/mol. The molecule has 8 aromatic carbocycles. The number of benzene rings is 8. The fourth-order valence-electron chi connectivity index (χ4n) is 17.8. The van der Waals surface area contributed by atoms with Crippen LogP contribution in [0.1, 0.15) is 77.8 Å². The second-order valence-corrected chi connectivity index (χ2v) is 34.0. The summed E-state index contributed by atoms with van der Waals surface area (Å²) in [4.78, 5) is 89.0. The van der Waals surface area contributed by atoms with Gasteiger partial charge in [-0.05, 0) is 158 Å². The van der Waals surface area contributed by atoms with Gasteiger partial charge in [-0.2, -0.15) is 25.3 Å². The van der Waals surface area contributed by atoms with Crippen LogP contribution in [-0.4, -0.2) is 205 Å². The van der Waals surface area contributed by atoms with E-state index in [0.29, 0.717) is 136 Å². The van der Waals surface area contributed by atoms with E-state index in [4.69, 9.17) is 77.5 Å². The van der Waals surface area contributed by atoms with Crippen molar-refractivity contribution in [2.24, 2.45) is 48.0 Å². The van der Waals surface area contributed by atoms with Gasteiger partial charge in [-0.3, -0.25) is 43.0 Å². The standard InChI is InChI=1S/C36H34N8O3.C28H32N8O.C27H25ClN6O3.C9H10N2/c1-41-15-13-23-9-11-25(21-31(23)41)37-33-22-30(38-36(39-33)43-16-18-47-19-17-43)24-10-12-28-29(40-42(2)32(28)20-24)8-5-14-44-34(45)26-6-3-4-7-27(26)35(44)46;1-34-11-9-19-5-7-21(17-25(19)34)30-27-18-24(31-28(32-27)36-12-14-37-15-13-36)20-6-8-22-23(4-3-10-29)33-35(2)26(22)16-20;1-32-23-15-17(22-16-24(28)30-27(29-22)33-11-13-37-14-12-33)8-9-20(23)21(31-32)7-4-10-34-25(35)18-5-2-3-6-19(18)26(34)36;1-11-5-4-7-2-3-8(10)6-9(7)11/h3-4,6-7,9-13,15,20-22H,5,8,14,16-19H2,1-2H3,(H,37,38,39);5-9,11,16-18H,3-4,10,12-15,29H2,1-2H3,(H,30,31,32);2-3,5-6,8-9,15-16H,4,7,10-14H2,1H3;2-6H,10H2,1H3. The van der Waals surface area contributed by atoms with Crippen molar-refractivity contribution in [3.8, 4) is 33.8 Å². The lowest BCUT2D eigenvalue weighted by molar-refractivity contribution is 0.0637. The number of rotatable bonds is 21. The number of morpholine rings is 3. The first-order valence-electron chi connectivity index (χ1n) is 44.5. The van der Waals surface area contributed by atoms with Crippen LogP contribution in [0.5, 0.6) is 0 Å². The van der Waals surface area contributed by atoms with E-state index in [2.05, 4.69) is 161 Å². The maximum atomic E-state index is 12.8. The predicted octanol–water partition coefficient (Wildman–Crippen LogP) is 14.8. The smallest absolute Gasteiger partial charge is 0.261 e. The number of nitrogens with zero attached hydrogens (tertiary/aromatic N) is 20. The second kappa shape index (κ2) is 37.7. The van der Waals surface area contributed by atoms with Crippen molar-refractivity contribution in [3.63, 3.8) is 0 Å². The van der Waals surface area contributed by atoms with E-state index in [9.17, 15) is 19.2 Å². The maximum Gasteiger partial charge on any atom is 0.261 e. The minimum atomic E-state index is -0.226. The first-order valence-corrected chi connectivity index (χ1v) is 44.9. The molecule has 4 amide bonds. The van der Waals surface area contributed by atoms with Gasteiger partial charge in [0, 0.05) is 198 Å². The lowest BCUT2D eigenvalue weighted by atomic mass is 10.1. The molecule has 132 heavy (non-hydrogen) atoms. The molecule has 3 fully saturated rings. The van der Waals surface area contributed by atoms with Crippen LogP contribution in [0.3, 0.4) is 0 Å². The van der Waals surface area contributed by atoms with Crippen molar-refractivity contribution in [3.05, 3.63) is 257 Å². The number of hydrogen-bond donors (Lipinski definition) is 4. The molecule has 0 spiro atoms. The fourth-order valence-corrected chi connectivity index (χ4v) is 18.0. The number of nitrogens with two attached hydrogens (primary N) is 2. The van der Waals surface area contributed by atoms with Crippen molar-refractivity contribution < 1.29 is 33.4 Å². The van der Waals surface area contributed by atoms with Crippen molar-refractivity contribution in [1.29, 1.82) is 0 Å². The second-order valence-electron chi connectivity index (χ2n) is 33.6. The minimum absolute atomic E-state index is 0.225. The van der Waals surface area contributed by atoms with Gasteiger partial charge in [-0.25, -0.2) is 19.9 Å². The molecule has 670 valence electrons. The maximum absolute atomic E-state index is 12.8. The Kier molecular flexibility index (Phi) is 24.8. The van der Waals surface area contributed by atoms with Crippen molar-refractivity contribution in [2.45, 2.75) is 38.5 Å². The topological polar surface area (TPSA) is 334 Å². The molecule has 0 radical (unpaired) electrons. The van der Waals surface area contributed by atoms with Crippen LogP contribution in [0.2, 0.25) is 5.15 Å². The third-order valence-corrected chi connectivity index (χ3v) is 25.1. The summed E-state index contributed by atoms with van der Waals surface area (Å²) in [5.74, 6) is 2.53. The first-order chi connectivity index (χ1) is 64.3. The Bertz CT molecular complexity index is 7180. The molecule has 0 aliphatic carbocycles.